The lowest BCUT2D eigenvalue weighted by Gasteiger charge is -2.34. The lowest BCUT2D eigenvalue weighted by Crippen LogP contribution is -2.41. The second-order valence-corrected chi connectivity index (χ2v) is 6.38. The molecule has 2 aromatic rings. The van der Waals surface area contributed by atoms with Crippen LogP contribution in [0.4, 0.5) is 0 Å². The zero-order valence-electron chi connectivity index (χ0n) is 12.3. The third-order valence-electron chi connectivity index (χ3n) is 4.77. The van der Waals surface area contributed by atoms with Crippen LogP contribution in [0.15, 0.2) is 30.5 Å². The van der Waals surface area contributed by atoms with Gasteiger partial charge in [-0.25, -0.2) is 4.79 Å². The highest BCUT2D eigenvalue weighted by molar-refractivity contribution is 6.33. The first-order valence-electron chi connectivity index (χ1n) is 7.58. The molecule has 1 amide bonds. The van der Waals surface area contributed by atoms with Crippen LogP contribution in [0.2, 0.25) is 5.02 Å². The quantitative estimate of drug-likeness (QED) is 0.920. The summed E-state index contributed by atoms with van der Waals surface area (Å²) in [6, 6.07) is 6.87. The normalized spacial score (nSPS) is 19.6. The van der Waals surface area contributed by atoms with Gasteiger partial charge in [-0.3, -0.25) is 4.79 Å². The van der Waals surface area contributed by atoms with Gasteiger partial charge >= 0.3 is 5.97 Å². The van der Waals surface area contributed by atoms with E-state index in [0.29, 0.717) is 23.8 Å². The van der Waals surface area contributed by atoms with E-state index in [2.05, 4.69) is 0 Å². The number of hydrogen-bond acceptors (Lipinski definition) is 2. The molecule has 1 aromatic carbocycles. The first-order valence-corrected chi connectivity index (χ1v) is 7.96. The van der Waals surface area contributed by atoms with Crippen molar-refractivity contribution in [1.29, 1.82) is 0 Å². The summed E-state index contributed by atoms with van der Waals surface area (Å²) in [4.78, 5) is 25.9. The molecule has 0 fully saturated rings. The molecule has 0 radical (unpaired) electrons. The van der Waals surface area contributed by atoms with Crippen LogP contribution in [-0.2, 0) is 13.0 Å². The fourth-order valence-electron chi connectivity index (χ4n) is 3.65. The summed E-state index contributed by atoms with van der Waals surface area (Å²) in [6.45, 7) is 1.32. The maximum absolute atomic E-state index is 12.8. The molecular weight excluding hydrogens is 316 g/mol. The number of rotatable bonds is 2. The number of halogens is 1. The standard InChI is InChI=1S/C17H15ClN2O3/c18-13-5-6-19-7-8-20(16(21)15(13)19)14-4-3-10-1-2-11(17(22)23)9-12(10)14/h1-2,5-6,9,14H,3-4,7-8H2,(H,22,23). The molecule has 6 heteroatoms. The average Bonchev–Trinajstić information content (AvgIpc) is 3.11. The van der Waals surface area contributed by atoms with Crippen LogP contribution in [-0.4, -0.2) is 33.0 Å². The molecule has 2 aliphatic rings. The third kappa shape index (κ3) is 2.15. The molecular formula is C17H15ClN2O3. The van der Waals surface area contributed by atoms with Gasteiger partial charge in [0.05, 0.1) is 16.6 Å². The van der Waals surface area contributed by atoms with Gasteiger partial charge < -0.3 is 14.6 Å². The zero-order chi connectivity index (χ0) is 16.1. The number of carbonyl (C=O) groups excluding carboxylic acids is 1. The summed E-state index contributed by atoms with van der Waals surface area (Å²) in [5.74, 6) is -1.02. The van der Waals surface area contributed by atoms with Gasteiger partial charge in [0.15, 0.2) is 0 Å². The van der Waals surface area contributed by atoms with Crippen molar-refractivity contribution in [2.24, 2.45) is 0 Å². The molecule has 118 valence electrons. The Morgan fingerprint density at radius 1 is 1.26 bits per heavy atom. The molecule has 1 atom stereocenters. The van der Waals surface area contributed by atoms with Crippen LogP contribution in [0, 0.1) is 0 Å². The fraction of sp³-hybridized carbons (Fsp3) is 0.294. The molecule has 1 aliphatic carbocycles. The Morgan fingerprint density at radius 2 is 2.09 bits per heavy atom. The van der Waals surface area contributed by atoms with Crippen LogP contribution in [0.1, 0.15) is 44.4 Å². The van der Waals surface area contributed by atoms with Crippen molar-refractivity contribution >= 4 is 23.5 Å². The highest BCUT2D eigenvalue weighted by atomic mass is 35.5. The maximum Gasteiger partial charge on any atom is 0.335 e. The smallest absolute Gasteiger partial charge is 0.335 e. The number of aromatic carboxylic acids is 1. The number of hydrogen-bond donors (Lipinski definition) is 1. The van der Waals surface area contributed by atoms with Gasteiger partial charge in [0, 0.05) is 19.3 Å². The van der Waals surface area contributed by atoms with Gasteiger partial charge in [-0.05, 0) is 42.2 Å². The molecule has 23 heavy (non-hydrogen) atoms. The van der Waals surface area contributed by atoms with Crippen molar-refractivity contribution in [2.75, 3.05) is 6.54 Å². The predicted molar refractivity (Wildman–Crippen MR) is 84.9 cm³/mol. The highest BCUT2D eigenvalue weighted by Crippen LogP contribution is 2.38. The number of fused-ring (bicyclic) bond motifs is 2. The van der Waals surface area contributed by atoms with Crippen molar-refractivity contribution in [3.63, 3.8) is 0 Å². The van der Waals surface area contributed by atoms with E-state index >= 15 is 0 Å². The molecule has 1 aliphatic heterocycles. The summed E-state index contributed by atoms with van der Waals surface area (Å²) in [6.07, 6.45) is 3.51. The monoisotopic (exact) mass is 330 g/mol. The number of nitrogens with zero attached hydrogens (tertiary/aromatic N) is 2. The Balaban J connectivity index is 1.72. The number of carboxylic acids is 1. The van der Waals surface area contributed by atoms with Gasteiger partial charge in [0.25, 0.3) is 5.91 Å². The van der Waals surface area contributed by atoms with E-state index in [1.54, 1.807) is 18.2 Å². The van der Waals surface area contributed by atoms with Crippen molar-refractivity contribution in [3.05, 3.63) is 57.9 Å². The van der Waals surface area contributed by atoms with Crippen molar-refractivity contribution < 1.29 is 14.7 Å². The van der Waals surface area contributed by atoms with E-state index in [9.17, 15) is 14.7 Å². The first-order chi connectivity index (χ1) is 11.1. The van der Waals surface area contributed by atoms with Gasteiger partial charge in [-0.15, -0.1) is 0 Å². The van der Waals surface area contributed by atoms with E-state index in [1.807, 2.05) is 21.7 Å². The largest absolute Gasteiger partial charge is 0.478 e. The number of benzene rings is 1. The summed E-state index contributed by atoms with van der Waals surface area (Å²) >= 11 is 6.15. The van der Waals surface area contributed by atoms with Crippen molar-refractivity contribution in [3.8, 4) is 0 Å². The topological polar surface area (TPSA) is 62.5 Å². The van der Waals surface area contributed by atoms with Gasteiger partial charge in [0.1, 0.15) is 5.69 Å². The van der Waals surface area contributed by atoms with Crippen LogP contribution in [0.25, 0.3) is 0 Å². The minimum absolute atomic E-state index is 0.0727. The molecule has 2 heterocycles. The molecule has 5 nitrogen and oxygen atoms in total. The van der Waals surface area contributed by atoms with Crippen LogP contribution < -0.4 is 0 Å². The summed E-state index contributed by atoms with van der Waals surface area (Å²) in [5.41, 5.74) is 2.87. The Kier molecular flexibility index (Phi) is 3.20. The summed E-state index contributed by atoms with van der Waals surface area (Å²) in [7, 11) is 0. The van der Waals surface area contributed by atoms with Crippen LogP contribution in [0.3, 0.4) is 0 Å². The molecule has 0 saturated heterocycles. The van der Waals surface area contributed by atoms with E-state index < -0.39 is 5.97 Å². The van der Waals surface area contributed by atoms with Crippen molar-refractivity contribution in [2.45, 2.75) is 25.4 Å². The minimum Gasteiger partial charge on any atom is -0.478 e. The SMILES string of the molecule is O=C(O)c1ccc2c(c1)C(N1CCn3ccc(Cl)c3C1=O)CC2. The Labute approximate surface area is 138 Å². The van der Waals surface area contributed by atoms with E-state index in [0.717, 1.165) is 24.0 Å². The van der Waals surface area contributed by atoms with E-state index in [-0.39, 0.29) is 17.5 Å². The fourth-order valence-corrected chi connectivity index (χ4v) is 3.89. The molecule has 1 aromatic heterocycles. The summed E-state index contributed by atoms with van der Waals surface area (Å²) in [5, 5.41) is 9.67. The Hall–Kier alpha value is -2.27. The molecule has 1 N–H and O–H groups in total. The molecule has 0 spiro atoms. The number of carbonyl (C=O) groups is 2. The van der Waals surface area contributed by atoms with Gasteiger partial charge in [0.2, 0.25) is 0 Å². The second-order valence-electron chi connectivity index (χ2n) is 5.98. The molecule has 1 unspecified atom stereocenters. The van der Waals surface area contributed by atoms with E-state index in [4.69, 9.17) is 11.6 Å². The third-order valence-corrected chi connectivity index (χ3v) is 5.08. The van der Waals surface area contributed by atoms with E-state index in [1.165, 1.54) is 0 Å². The lowest BCUT2D eigenvalue weighted by atomic mass is 10.0. The average molecular weight is 331 g/mol. The maximum atomic E-state index is 12.8. The predicted octanol–water partition coefficient (Wildman–Crippen LogP) is 2.98. The summed E-state index contributed by atoms with van der Waals surface area (Å²) < 4.78 is 1.88. The number of aromatic nitrogens is 1. The first kappa shape index (κ1) is 14.3. The number of aryl methyl sites for hydroxylation is 1. The zero-order valence-corrected chi connectivity index (χ0v) is 13.1. The number of amides is 1. The van der Waals surface area contributed by atoms with Gasteiger partial charge in [-0.2, -0.15) is 0 Å². The minimum atomic E-state index is -0.944. The second kappa shape index (κ2) is 5.13. The Bertz CT molecular complexity index is 827. The van der Waals surface area contributed by atoms with Gasteiger partial charge in [-0.1, -0.05) is 17.7 Å². The van der Waals surface area contributed by atoms with Crippen LogP contribution in [0.5, 0.6) is 0 Å². The highest BCUT2D eigenvalue weighted by Gasteiger charge is 2.36. The number of carboxylic acid groups (broad SMARTS) is 1. The van der Waals surface area contributed by atoms with Crippen molar-refractivity contribution in [1.82, 2.24) is 9.47 Å². The van der Waals surface area contributed by atoms with Crippen LogP contribution >= 0.6 is 11.6 Å². The molecule has 0 bridgehead atoms. The molecule has 0 saturated carbocycles. The lowest BCUT2D eigenvalue weighted by molar-refractivity contribution is 0.0616. The molecule has 4 rings (SSSR count). The Morgan fingerprint density at radius 3 is 2.87 bits per heavy atom.